The molecule has 10 aliphatic carbocycles. The number of nitrogens with zero attached hydrogens (tertiary/aromatic N) is 1. The van der Waals surface area contributed by atoms with Crippen LogP contribution in [0.15, 0.2) is 71.0 Å². The number of furan rings is 1. The molecule has 14 fully saturated rings. The molecule has 8 heterocycles. The monoisotopic (exact) mass is 1210 g/mol. The lowest BCUT2D eigenvalue weighted by Gasteiger charge is -2.74. The molecular weight excluding hydrogens is 1120 g/mol. The van der Waals surface area contributed by atoms with Crippen molar-refractivity contribution in [3.05, 3.63) is 83.5 Å². The van der Waals surface area contributed by atoms with Crippen LogP contribution >= 0.6 is 0 Å². The number of aliphatic hydroxyl groups excluding tert-OH is 3. The predicted octanol–water partition coefficient (Wildman–Crippen LogP) is 10.0. The number of benzene rings is 1. The van der Waals surface area contributed by atoms with Crippen molar-refractivity contribution in [2.24, 2.45) is 122 Å². The number of carbonyl (C=O) groups is 3. The second-order valence-corrected chi connectivity index (χ2v) is 33.7. The maximum Gasteiger partial charge on any atom is 0.339 e. The van der Waals surface area contributed by atoms with Gasteiger partial charge in [0.05, 0.1) is 54.9 Å². The highest BCUT2D eigenvalue weighted by Gasteiger charge is 3.00. The van der Waals surface area contributed by atoms with Gasteiger partial charge >= 0.3 is 11.9 Å². The van der Waals surface area contributed by atoms with Gasteiger partial charge in [0, 0.05) is 47.2 Å². The van der Waals surface area contributed by atoms with Crippen LogP contribution in [0, 0.1) is 134 Å². The first-order valence-corrected chi connectivity index (χ1v) is 35.9. The van der Waals surface area contributed by atoms with Gasteiger partial charge in [0.25, 0.3) is 0 Å². The summed E-state index contributed by atoms with van der Waals surface area (Å²) in [6.45, 7) is 8.53. The smallest absolute Gasteiger partial charge is 0.339 e. The molecule has 9 saturated carbocycles. The zero-order valence-corrected chi connectivity index (χ0v) is 52.6. The quantitative estimate of drug-likeness (QED) is 0.0807. The normalized spacial score (nSPS) is 53.4. The summed E-state index contributed by atoms with van der Waals surface area (Å²) in [7, 11) is 0. The summed E-state index contributed by atoms with van der Waals surface area (Å²) in [5.41, 5.74) is -6.10. The van der Waals surface area contributed by atoms with Crippen LogP contribution in [0.1, 0.15) is 160 Å². The molecule has 13 nitrogen and oxygen atoms in total. The predicted molar refractivity (Wildman–Crippen MR) is 327 cm³/mol. The van der Waals surface area contributed by atoms with Crippen molar-refractivity contribution >= 4 is 17.7 Å². The van der Waals surface area contributed by atoms with Gasteiger partial charge in [-0.15, -0.1) is 0 Å². The summed E-state index contributed by atoms with van der Waals surface area (Å²) in [4.78, 5) is 52.3. The molecule has 29 atom stereocenters. The molecular formula is C76H94N2O11. The van der Waals surface area contributed by atoms with Crippen LogP contribution in [0.25, 0.3) is 0 Å². The number of aliphatic hydroxyl groups is 3. The van der Waals surface area contributed by atoms with Crippen LogP contribution in [0.3, 0.4) is 0 Å². The molecule has 13 heteroatoms. The van der Waals surface area contributed by atoms with E-state index in [1.807, 2.05) is 6.07 Å². The molecule has 0 amide bonds. The standard InChI is InChI=1S/C76H94N2O11/c1-41-51-16-8-7-13-44(51)19-21-52(41)57-33-50-32-49-15-10-25-71(49)36-48-35-69(2)73(55-24-28-85-60(55)34-54(59(80)38-79)46-20-22-53-47(31-46)23-27-78-40-77-37-58(53)78)26-9-14-45-18-17-43(29-42-11-5-4-6-12-42)30-56(45)74(76(69)66(87-76)68(84)88-73)62(48)72-39-86-67(83)64(71)75(50,72)89-70(57,3)63(72)61(81)65(74)82/h4-6,11-12,23-24,27-28,33,41,43-49,51-54,56-59,62-66,77,79-80,82H,7-8,10,13,15-22,25-26,29-32,34-40H2,1-3H3/t41-,43-,44+,45-,46-,47+,48-,49-,51+,52-,53+,54-,56+,57+,58-,59+,62+,63+,64-,65+,66+,69-,70-,71-,72+,73-,74-,75-,76+/m0/s1. The minimum Gasteiger partial charge on any atom is -0.469 e. The number of esters is 2. The van der Waals surface area contributed by atoms with Crippen molar-refractivity contribution in [3.8, 4) is 11.8 Å². The van der Waals surface area contributed by atoms with Gasteiger partial charge in [0.15, 0.2) is 17.5 Å². The van der Waals surface area contributed by atoms with Gasteiger partial charge in [-0.3, -0.25) is 14.9 Å². The summed E-state index contributed by atoms with van der Waals surface area (Å²) in [6, 6.07) is 13.2. The van der Waals surface area contributed by atoms with E-state index in [0.29, 0.717) is 66.7 Å². The lowest BCUT2D eigenvalue weighted by Crippen LogP contribution is -2.83. The number of rotatable bonds is 9. The summed E-state index contributed by atoms with van der Waals surface area (Å²) in [5, 5.41) is 41.8. The third-order valence-electron chi connectivity index (χ3n) is 31.3. The molecule has 4 N–H and O–H groups in total. The zero-order chi connectivity index (χ0) is 60.1. The van der Waals surface area contributed by atoms with E-state index >= 15 is 19.5 Å². The lowest BCUT2D eigenvalue weighted by molar-refractivity contribution is -0.315. The Hall–Kier alpha value is -4.29. The Balaban J connectivity index is 0.821. The van der Waals surface area contributed by atoms with Gasteiger partial charge in [-0.05, 0) is 209 Å². The molecule has 5 spiro atoms. The number of ether oxygens (including phenoxy) is 4. The van der Waals surface area contributed by atoms with E-state index in [4.69, 9.17) is 23.4 Å². The topological polar surface area (TPSA) is 181 Å². The van der Waals surface area contributed by atoms with Crippen molar-refractivity contribution in [1.82, 2.24) is 10.2 Å². The molecule has 1 aromatic carbocycles. The van der Waals surface area contributed by atoms with E-state index in [9.17, 15) is 10.2 Å². The summed E-state index contributed by atoms with van der Waals surface area (Å²) < 4.78 is 37.7. The number of ketones is 1. The second kappa shape index (κ2) is 19.0. The molecule has 0 radical (unpaired) electrons. The zero-order valence-electron chi connectivity index (χ0n) is 52.6. The van der Waals surface area contributed by atoms with Gasteiger partial charge in [0.2, 0.25) is 0 Å². The van der Waals surface area contributed by atoms with Crippen LogP contribution < -0.4 is 5.32 Å². The first-order valence-electron chi connectivity index (χ1n) is 35.9. The Bertz CT molecular complexity index is 3440. The molecule has 17 aliphatic rings. The highest BCUT2D eigenvalue weighted by Crippen LogP contribution is 2.91. The Labute approximate surface area is 525 Å². The summed E-state index contributed by atoms with van der Waals surface area (Å²) in [6.07, 6.45) is 24.1. The number of Topliss-reactive ketones (excluding diaryl/α,β-unsaturated/α-hetero) is 1. The maximum atomic E-state index is 17.8. The number of fused-ring (bicyclic) bond motifs is 7. The van der Waals surface area contributed by atoms with Crippen molar-refractivity contribution < 1.29 is 53.1 Å². The van der Waals surface area contributed by atoms with Crippen molar-refractivity contribution in [3.63, 3.8) is 0 Å². The van der Waals surface area contributed by atoms with Crippen LogP contribution in [-0.4, -0.2) is 106 Å². The molecule has 2 aromatic rings. The average molecular weight is 1210 g/mol. The number of nitrogens with one attached hydrogen (secondary N) is 1. The van der Waals surface area contributed by atoms with Crippen molar-refractivity contribution in [2.75, 3.05) is 26.4 Å². The highest BCUT2D eigenvalue weighted by atomic mass is 16.7. The van der Waals surface area contributed by atoms with Gasteiger partial charge in [-0.1, -0.05) is 93.9 Å². The van der Waals surface area contributed by atoms with E-state index in [-0.39, 0.29) is 72.1 Å². The summed E-state index contributed by atoms with van der Waals surface area (Å²) in [5.74, 6) is 7.69. The number of hydrogen-bond donors (Lipinski definition) is 4. The molecule has 0 unspecified atom stereocenters. The van der Waals surface area contributed by atoms with Crippen LogP contribution in [0.5, 0.6) is 0 Å². The molecule has 19 rings (SSSR count). The fraction of sp³-hybridized carbons (Fsp3) is 0.750. The van der Waals surface area contributed by atoms with Crippen LogP contribution in [0.4, 0.5) is 0 Å². The van der Waals surface area contributed by atoms with Gasteiger partial charge in [-0.2, -0.15) is 0 Å². The Morgan fingerprint density at radius 1 is 0.888 bits per heavy atom. The molecule has 5 saturated heterocycles. The minimum absolute atomic E-state index is 0.0259. The largest absolute Gasteiger partial charge is 0.469 e. The first kappa shape index (κ1) is 56.3. The Kier molecular flexibility index (Phi) is 12.0. The fourth-order valence-corrected chi connectivity index (χ4v) is 28.7. The minimum atomic E-state index is -1.57. The second-order valence-electron chi connectivity index (χ2n) is 33.7. The third-order valence-corrected chi connectivity index (χ3v) is 31.3. The van der Waals surface area contributed by atoms with E-state index in [2.05, 4.69) is 91.5 Å². The third kappa shape index (κ3) is 6.61. The fourth-order valence-electron chi connectivity index (χ4n) is 28.7. The molecule has 7 aliphatic heterocycles. The van der Waals surface area contributed by atoms with Gasteiger partial charge in [0.1, 0.15) is 29.7 Å². The molecule has 89 heavy (non-hydrogen) atoms. The SMILES string of the molecule is C[C@H]1[C@H]2CCCC[C@@H]2CC[C@@H]1[C@H]1C=C2C[C@@H]3CCC[C@]34C[C@@H]3C[C@]5(C)[C@]67O[C@@H]6C(=O)O[C@]5(c5ccoc5C[C@@H]([C@H]5CC[C@@H]6[C@H](C=CN8CNC[C@@H]68)C5)[C@H](O)CO)CC#C[C@H]5CC[C@@H](Cc6ccccc6)C[C@H]5[C@]75[C@H](O)C(=O)[C@@H]6[C@@]1(C)O[C@]21[C@H]4C(=O)OC[C@@]61[C@@H]35. The molecule has 474 valence electrons. The number of allylic oxidation sites excluding steroid dienone is 1. The lowest BCUT2D eigenvalue weighted by atomic mass is 9.28. The highest BCUT2D eigenvalue weighted by molar-refractivity contribution is 5.94. The van der Waals surface area contributed by atoms with E-state index in [0.717, 1.165) is 89.8 Å². The number of cyclic esters (lactones) is 1. The van der Waals surface area contributed by atoms with E-state index in [1.165, 1.54) is 43.2 Å². The Morgan fingerprint density at radius 2 is 1.74 bits per heavy atom. The number of hydrogen-bond acceptors (Lipinski definition) is 13. The maximum absolute atomic E-state index is 17.8. The summed E-state index contributed by atoms with van der Waals surface area (Å²) >= 11 is 0. The van der Waals surface area contributed by atoms with Crippen molar-refractivity contribution in [2.45, 2.75) is 202 Å². The van der Waals surface area contributed by atoms with Crippen LogP contribution in [0.2, 0.25) is 0 Å². The average Bonchev–Trinajstić information content (AvgIpc) is 1.44. The first-order chi connectivity index (χ1) is 43.1. The van der Waals surface area contributed by atoms with Crippen LogP contribution in [-0.2, 0) is 51.8 Å². The molecule has 1 aromatic heterocycles. The molecule has 9 bridgehead atoms. The number of carbonyl (C=O) groups excluding carboxylic acids is 3. The van der Waals surface area contributed by atoms with Gasteiger partial charge < -0.3 is 43.6 Å². The Morgan fingerprint density at radius 3 is 2.61 bits per heavy atom. The van der Waals surface area contributed by atoms with E-state index in [1.54, 1.807) is 6.26 Å². The van der Waals surface area contributed by atoms with Gasteiger partial charge in [-0.25, -0.2) is 4.79 Å². The van der Waals surface area contributed by atoms with Crippen molar-refractivity contribution in [1.29, 1.82) is 0 Å². The van der Waals surface area contributed by atoms with E-state index < -0.39 is 98.6 Å². The number of epoxide rings is 1.